The zero-order chi connectivity index (χ0) is 15.4. The molecule has 0 saturated carbocycles. The smallest absolute Gasteiger partial charge is 0.323 e. The molecule has 0 radical (unpaired) electrons. The Balaban J connectivity index is 2.32. The van der Waals surface area contributed by atoms with Gasteiger partial charge in [0.15, 0.2) is 0 Å². The molecule has 0 atom stereocenters. The van der Waals surface area contributed by atoms with Crippen LogP contribution in [0.3, 0.4) is 0 Å². The van der Waals surface area contributed by atoms with E-state index in [0.29, 0.717) is 27.6 Å². The molecule has 6 nitrogen and oxygen atoms in total. The molecule has 0 fully saturated rings. The van der Waals surface area contributed by atoms with E-state index < -0.39 is 0 Å². The van der Waals surface area contributed by atoms with Crippen LogP contribution in [0.5, 0.6) is 6.01 Å². The van der Waals surface area contributed by atoms with Crippen molar-refractivity contribution in [2.75, 3.05) is 17.7 Å². The van der Waals surface area contributed by atoms with Gasteiger partial charge in [0.05, 0.1) is 21.8 Å². The fourth-order valence-corrected chi connectivity index (χ4v) is 1.86. The number of nitrogens with zero attached hydrogens (tertiary/aromatic N) is 3. The van der Waals surface area contributed by atoms with Crippen molar-refractivity contribution in [3.8, 4) is 6.01 Å². The average Bonchev–Trinajstić information content (AvgIpc) is 2.43. The highest BCUT2D eigenvalue weighted by atomic mass is 35.5. The molecule has 112 valence electrons. The highest BCUT2D eigenvalue weighted by molar-refractivity contribution is 6.43. The second-order valence-corrected chi connectivity index (χ2v) is 5.19. The van der Waals surface area contributed by atoms with Gasteiger partial charge >= 0.3 is 6.01 Å². The Bertz CT molecular complexity index is 636. The van der Waals surface area contributed by atoms with Gasteiger partial charge < -0.3 is 15.4 Å². The van der Waals surface area contributed by atoms with Crippen LogP contribution in [0.25, 0.3) is 0 Å². The second-order valence-electron chi connectivity index (χ2n) is 4.41. The van der Waals surface area contributed by atoms with E-state index in [9.17, 15) is 0 Å². The van der Waals surface area contributed by atoms with Crippen LogP contribution in [-0.4, -0.2) is 28.1 Å². The summed E-state index contributed by atoms with van der Waals surface area (Å²) >= 11 is 12.1. The van der Waals surface area contributed by atoms with Crippen molar-refractivity contribution in [1.82, 2.24) is 15.0 Å². The Morgan fingerprint density at radius 1 is 1.10 bits per heavy atom. The van der Waals surface area contributed by atoms with Gasteiger partial charge in [-0.15, -0.1) is 0 Å². The van der Waals surface area contributed by atoms with Crippen LogP contribution in [0.15, 0.2) is 18.2 Å². The molecule has 0 bridgehead atoms. The van der Waals surface area contributed by atoms with E-state index in [4.69, 9.17) is 27.9 Å². The van der Waals surface area contributed by atoms with Crippen molar-refractivity contribution in [3.63, 3.8) is 0 Å². The third-order valence-corrected chi connectivity index (χ3v) is 3.20. The third-order valence-electron chi connectivity index (χ3n) is 2.38. The first-order valence-corrected chi connectivity index (χ1v) is 7.06. The molecule has 0 unspecified atom stereocenters. The normalized spacial score (nSPS) is 10.6. The third kappa shape index (κ3) is 4.09. The number of hydrogen-bond acceptors (Lipinski definition) is 6. The molecule has 21 heavy (non-hydrogen) atoms. The number of halogens is 2. The Morgan fingerprint density at radius 3 is 2.48 bits per heavy atom. The largest absolute Gasteiger partial charge is 0.461 e. The number of aromatic nitrogens is 3. The van der Waals surface area contributed by atoms with Crippen molar-refractivity contribution >= 4 is 40.8 Å². The number of benzene rings is 1. The molecule has 0 aliphatic carbocycles. The van der Waals surface area contributed by atoms with E-state index in [0.717, 1.165) is 0 Å². The number of anilines is 3. The number of hydrogen-bond donors (Lipinski definition) is 2. The van der Waals surface area contributed by atoms with Crippen molar-refractivity contribution in [3.05, 3.63) is 28.2 Å². The van der Waals surface area contributed by atoms with Crippen LogP contribution in [0.2, 0.25) is 10.0 Å². The molecule has 1 aromatic heterocycles. The molecule has 8 heteroatoms. The standard InChI is InChI=1S/C13H15Cl2N5O/c1-7(2)21-13-19-11(16-3)18-12(20-13)17-9-6-4-5-8(14)10(9)15/h4-7H,1-3H3,(H2,16,17,18,19,20). The summed E-state index contributed by atoms with van der Waals surface area (Å²) in [5.41, 5.74) is 0.605. The molecule has 0 aliphatic heterocycles. The minimum absolute atomic E-state index is 0.0419. The van der Waals surface area contributed by atoms with Gasteiger partial charge in [0.2, 0.25) is 11.9 Å². The summed E-state index contributed by atoms with van der Waals surface area (Å²) in [5, 5.41) is 6.70. The van der Waals surface area contributed by atoms with E-state index >= 15 is 0 Å². The maximum atomic E-state index is 6.13. The Kier molecular flexibility index (Phi) is 5.03. The minimum atomic E-state index is -0.0419. The summed E-state index contributed by atoms with van der Waals surface area (Å²) in [6.07, 6.45) is -0.0419. The van der Waals surface area contributed by atoms with Crippen molar-refractivity contribution in [1.29, 1.82) is 0 Å². The van der Waals surface area contributed by atoms with Gasteiger partial charge in [0.1, 0.15) is 0 Å². The predicted octanol–water partition coefficient (Wildman–Crippen LogP) is 3.75. The lowest BCUT2D eigenvalue weighted by atomic mass is 10.3. The van der Waals surface area contributed by atoms with E-state index in [-0.39, 0.29) is 12.1 Å². The highest BCUT2D eigenvalue weighted by Crippen LogP contribution is 2.31. The minimum Gasteiger partial charge on any atom is -0.461 e. The van der Waals surface area contributed by atoms with Gasteiger partial charge in [-0.3, -0.25) is 0 Å². The van der Waals surface area contributed by atoms with Gasteiger partial charge in [-0.1, -0.05) is 29.3 Å². The Labute approximate surface area is 132 Å². The van der Waals surface area contributed by atoms with Crippen LogP contribution in [-0.2, 0) is 0 Å². The summed E-state index contributed by atoms with van der Waals surface area (Å²) in [4.78, 5) is 12.5. The maximum Gasteiger partial charge on any atom is 0.323 e. The molecule has 2 N–H and O–H groups in total. The summed E-state index contributed by atoms with van der Waals surface area (Å²) in [5.74, 6) is 0.704. The Hall–Kier alpha value is -1.79. The van der Waals surface area contributed by atoms with Crippen LogP contribution in [0, 0.1) is 0 Å². The topological polar surface area (TPSA) is 72.0 Å². The van der Waals surface area contributed by atoms with E-state index in [1.807, 2.05) is 13.8 Å². The molecular weight excluding hydrogens is 313 g/mol. The maximum absolute atomic E-state index is 6.13. The van der Waals surface area contributed by atoms with Gasteiger partial charge in [-0.2, -0.15) is 15.0 Å². The first-order chi connectivity index (χ1) is 9.99. The number of rotatable bonds is 5. The molecule has 0 saturated heterocycles. The zero-order valence-corrected chi connectivity index (χ0v) is 13.3. The lowest BCUT2D eigenvalue weighted by Gasteiger charge is -2.12. The van der Waals surface area contributed by atoms with Gasteiger partial charge in [0.25, 0.3) is 0 Å². The predicted molar refractivity (Wildman–Crippen MR) is 84.9 cm³/mol. The Morgan fingerprint density at radius 2 is 1.81 bits per heavy atom. The monoisotopic (exact) mass is 327 g/mol. The second kappa shape index (κ2) is 6.78. The summed E-state index contributed by atoms with van der Waals surface area (Å²) in [6.45, 7) is 3.79. The SMILES string of the molecule is CNc1nc(Nc2cccc(Cl)c2Cl)nc(OC(C)C)n1. The van der Waals surface area contributed by atoms with Crippen molar-refractivity contribution in [2.45, 2.75) is 20.0 Å². The average molecular weight is 328 g/mol. The molecule has 0 aliphatic rings. The molecule has 1 heterocycles. The molecule has 2 rings (SSSR count). The van der Waals surface area contributed by atoms with E-state index in [2.05, 4.69) is 25.6 Å². The first-order valence-electron chi connectivity index (χ1n) is 6.31. The molecular formula is C13H15Cl2N5O. The van der Waals surface area contributed by atoms with Crippen molar-refractivity contribution in [2.24, 2.45) is 0 Å². The van der Waals surface area contributed by atoms with Crippen LogP contribution in [0.1, 0.15) is 13.8 Å². The summed E-state index contributed by atoms with van der Waals surface area (Å²) in [6, 6.07) is 5.49. The molecule has 2 aromatic rings. The summed E-state index contributed by atoms with van der Waals surface area (Å²) in [7, 11) is 1.71. The molecule has 1 aromatic carbocycles. The van der Waals surface area contributed by atoms with Crippen molar-refractivity contribution < 1.29 is 4.74 Å². The lowest BCUT2D eigenvalue weighted by molar-refractivity contribution is 0.222. The van der Waals surface area contributed by atoms with Gasteiger partial charge in [0, 0.05) is 7.05 Å². The van der Waals surface area contributed by atoms with Gasteiger partial charge in [-0.25, -0.2) is 0 Å². The van der Waals surface area contributed by atoms with Crippen LogP contribution >= 0.6 is 23.2 Å². The fraction of sp³-hybridized carbons (Fsp3) is 0.308. The van der Waals surface area contributed by atoms with E-state index in [1.165, 1.54) is 0 Å². The lowest BCUT2D eigenvalue weighted by Crippen LogP contribution is -2.12. The quantitative estimate of drug-likeness (QED) is 0.871. The summed E-state index contributed by atoms with van der Waals surface area (Å²) < 4.78 is 5.49. The van der Waals surface area contributed by atoms with E-state index in [1.54, 1.807) is 25.2 Å². The first kappa shape index (κ1) is 15.6. The van der Waals surface area contributed by atoms with Crippen LogP contribution in [0.4, 0.5) is 17.6 Å². The number of nitrogens with one attached hydrogen (secondary N) is 2. The molecule has 0 amide bonds. The molecule has 0 spiro atoms. The fourth-order valence-electron chi connectivity index (χ4n) is 1.51. The van der Waals surface area contributed by atoms with Gasteiger partial charge in [-0.05, 0) is 26.0 Å². The number of ether oxygens (including phenoxy) is 1. The highest BCUT2D eigenvalue weighted by Gasteiger charge is 2.11. The van der Waals surface area contributed by atoms with Crippen LogP contribution < -0.4 is 15.4 Å². The zero-order valence-electron chi connectivity index (χ0n) is 11.8.